The van der Waals surface area contributed by atoms with E-state index in [1.54, 1.807) is 7.05 Å². The van der Waals surface area contributed by atoms with E-state index in [4.69, 9.17) is 4.74 Å². The molecule has 0 saturated heterocycles. The van der Waals surface area contributed by atoms with Crippen LogP contribution in [0, 0.1) is 5.82 Å². The maximum absolute atomic E-state index is 13.5. The Hall–Kier alpha value is -2.08. The van der Waals surface area contributed by atoms with Gasteiger partial charge in [-0.3, -0.25) is 0 Å². The van der Waals surface area contributed by atoms with E-state index in [1.807, 2.05) is 0 Å². The maximum Gasteiger partial charge on any atom is 0.419 e. The number of rotatable bonds is 4. The summed E-state index contributed by atoms with van der Waals surface area (Å²) in [5.41, 5.74) is -0.468. The summed E-state index contributed by atoms with van der Waals surface area (Å²) in [7, 11) is 1.64. The van der Waals surface area contributed by atoms with Crippen LogP contribution in [0.15, 0.2) is 42.5 Å². The third-order valence-electron chi connectivity index (χ3n) is 2.79. The highest BCUT2D eigenvalue weighted by molar-refractivity contribution is 5.42. The Bertz CT molecular complexity index is 625. The van der Waals surface area contributed by atoms with Crippen molar-refractivity contribution in [3.05, 3.63) is 59.4 Å². The molecule has 2 aromatic rings. The molecule has 0 aliphatic heterocycles. The van der Waals surface area contributed by atoms with E-state index in [0.29, 0.717) is 12.1 Å². The zero-order valence-electron chi connectivity index (χ0n) is 11.2. The number of hydrogen-bond donors (Lipinski definition) is 1. The second kappa shape index (κ2) is 6.13. The summed E-state index contributed by atoms with van der Waals surface area (Å²) in [6.07, 6.45) is -4.58. The first kappa shape index (κ1) is 15.3. The second-order valence-corrected chi connectivity index (χ2v) is 4.39. The average Bonchev–Trinajstić information content (AvgIpc) is 2.42. The predicted octanol–water partition coefficient (Wildman–Crippen LogP) is 4.36. The highest BCUT2D eigenvalue weighted by atomic mass is 19.4. The van der Waals surface area contributed by atoms with E-state index >= 15 is 0 Å². The van der Waals surface area contributed by atoms with Crippen LogP contribution in [-0.4, -0.2) is 7.05 Å². The van der Waals surface area contributed by atoms with Gasteiger partial charge in [-0.15, -0.1) is 0 Å². The van der Waals surface area contributed by atoms with E-state index in [9.17, 15) is 17.6 Å². The molecule has 112 valence electrons. The molecule has 6 heteroatoms. The summed E-state index contributed by atoms with van der Waals surface area (Å²) in [6, 6.07) is 9.01. The van der Waals surface area contributed by atoms with Crippen molar-refractivity contribution in [2.24, 2.45) is 0 Å². The molecule has 0 fully saturated rings. The molecule has 1 N–H and O–H groups in total. The summed E-state index contributed by atoms with van der Waals surface area (Å²) >= 11 is 0. The van der Waals surface area contributed by atoms with Gasteiger partial charge in [0.1, 0.15) is 5.75 Å². The smallest absolute Gasteiger partial charge is 0.419 e. The van der Waals surface area contributed by atoms with Crippen molar-refractivity contribution in [3.63, 3.8) is 0 Å². The van der Waals surface area contributed by atoms with Gasteiger partial charge >= 0.3 is 6.18 Å². The van der Waals surface area contributed by atoms with Crippen molar-refractivity contribution < 1.29 is 22.3 Å². The number of hydrogen-bond acceptors (Lipinski definition) is 2. The maximum atomic E-state index is 13.5. The van der Waals surface area contributed by atoms with Crippen molar-refractivity contribution in [3.8, 4) is 11.5 Å². The van der Waals surface area contributed by atoms with Gasteiger partial charge in [-0.05, 0) is 36.9 Å². The van der Waals surface area contributed by atoms with Gasteiger partial charge in [0.15, 0.2) is 11.6 Å². The SMILES string of the molecule is CNCc1ccc(Oc2ccccc2F)c(C(F)(F)F)c1. The normalized spacial score (nSPS) is 11.5. The molecular formula is C15H13F4NO. The fourth-order valence-electron chi connectivity index (χ4n) is 1.85. The molecule has 0 bridgehead atoms. The standard InChI is InChI=1S/C15H13F4NO/c1-20-9-10-6-7-13(11(8-10)15(17,18)19)21-14-5-3-2-4-12(14)16/h2-8,20H,9H2,1H3. The fraction of sp³-hybridized carbons (Fsp3) is 0.200. The zero-order chi connectivity index (χ0) is 15.5. The molecule has 0 aromatic heterocycles. The van der Waals surface area contributed by atoms with Crippen LogP contribution in [-0.2, 0) is 12.7 Å². The van der Waals surface area contributed by atoms with Gasteiger partial charge in [-0.1, -0.05) is 18.2 Å². The first-order valence-electron chi connectivity index (χ1n) is 6.19. The molecule has 21 heavy (non-hydrogen) atoms. The van der Waals surface area contributed by atoms with Gasteiger partial charge in [0.25, 0.3) is 0 Å². The van der Waals surface area contributed by atoms with Crippen LogP contribution in [0.3, 0.4) is 0 Å². The molecular weight excluding hydrogens is 286 g/mol. The summed E-state index contributed by atoms with van der Waals surface area (Å²) in [5.74, 6) is -1.39. The molecule has 0 heterocycles. The van der Waals surface area contributed by atoms with Gasteiger partial charge in [-0.25, -0.2) is 4.39 Å². The van der Waals surface area contributed by atoms with Crippen LogP contribution in [0.25, 0.3) is 0 Å². The highest BCUT2D eigenvalue weighted by Gasteiger charge is 2.35. The van der Waals surface area contributed by atoms with E-state index < -0.39 is 23.3 Å². The third-order valence-corrected chi connectivity index (χ3v) is 2.79. The van der Waals surface area contributed by atoms with E-state index in [1.165, 1.54) is 30.3 Å². The topological polar surface area (TPSA) is 21.3 Å². The molecule has 0 spiro atoms. The van der Waals surface area contributed by atoms with Gasteiger partial charge < -0.3 is 10.1 Å². The first-order chi connectivity index (χ1) is 9.91. The van der Waals surface area contributed by atoms with Crippen molar-refractivity contribution in [1.82, 2.24) is 5.32 Å². The van der Waals surface area contributed by atoms with Crippen LogP contribution in [0.4, 0.5) is 17.6 Å². The molecule has 2 nitrogen and oxygen atoms in total. The van der Waals surface area contributed by atoms with Crippen molar-refractivity contribution in [2.45, 2.75) is 12.7 Å². The number of benzene rings is 2. The number of ether oxygens (including phenoxy) is 1. The Balaban J connectivity index is 2.41. The molecule has 0 aliphatic carbocycles. The van der Waals surface area contributed by atoms with Gasteiger partial charge in [0.05, 0.1) is 5.56 Å². The quantitative estimate of drug-likeness (QED) is 0.847. The number of halogens is 4. The van der Waals surface area contributed by atoms with Crippen LogP contribution in [0.2, 0.25) is 0 Å². The molecule has 0 unspecified atom stereocenters. The van der Waals surface area contributed by atoms with Crippen LogP contribution in [0.5, 0.6) is 11.5 Å². The Kier molecular flexibility index (Phi) is 4.47. The van der Waals surface area contributed by atoms with E-state index in [0.717, 1.165) is 12.1 Å². The molecule has 0 atom stereocenters. The zero-order valence-corrected chi connectivity index (χ0v) is 11.2. The minimum absolute atomic E-state index is 0.246. The number of para-hydroxylation sites is 1. The summed E-state index contributed by atoms with van der Waals surface area (Å²) in [6.45, 7) is 0.295. The lowest BCUT2D eigenvalue weighted by atomic mass is 10.1. The Morgan fingerprint density at radius 2 is 1.76 bits per heavy atom. The van der Waals surface area contributed by atoms with Crippen molar-refractivity contribution in [2.75, 3.05) is 7.05 Å². The number of nitrogens with one attached hydrogen (secondary N) is 1. The van der Waals surface area contributed by atoms with E-state index in [2.05, 4.69) is 5.32 Å². The Morgan fingerprint density at radius 3 is 2.38 bits per heavy atom. The largest absolute Gasteiger partial charge is 0.454 e. The molecule has 0 radical (unpaired) electrons. The summed E-state index contributed by atoms with van der Waals surface area (Å²) < 4.78 is 57.8. The molecule has 0 aliphatic rings. The van der Waals surface area contributed by atoms with Crippen LogP contribution < -0.4 is 10.1 Å². The molecule has 2 aromatic carbocycles. The average molecular weight is 299 g/mol. The Morgan fingerprint density at radius 1 is 1.05 bits per heavy atom. The monoisotopic (exact) mass is 299 g/mol. The third kappa shape index (κ3) is 3.72. The predicted molar refractivity (Wildman–Crippen MR) is 70.7 cm³/mol. The van der Waals surface area contributed by atoms with Crippen LogP contribution >= 0.6 is 0 Å². The lowest BCUT2D eigenvalue weighted by Gasteiger charge is -2.15. The Labute approximate surface area is 119 Å². The van der Waals surface area contributed by atoms with Gasteiger partial charge in [-0.2, -0.15) is 13.2 Å². The minimum Gasteiger partial charge on any atom is -0.454 e. The lowest BCUT2D eigenvalue weighted by Crippen LogP contribution is -2.11. The highest BCUT2D eigenvalue weighted by Crippen LogP contribution is 2.39. The molecule has 0 amide bonds. The minimum atomic E-state index is -4.58. The molecule has 0 saturated carbocycles. The summed E-state index contributed by atoms with van der Waals surface area (Å²) in [4.78, 5) is 0. The first-order valence-corrected chi connectivity index (χ1v) is 6.19. The van der Waals surface area contributed by atoms with Gasteiger partial charge in [0.2, 0.25) is 0 Å². The van der Waals surface area contributed by atoms with Crippen molar-refractivity contribution >= 4 is 0 Å². The van der Waals surface area contributed by atoms with Crippen LogP contribution in [0.1, 0.15) is 11.1 Å². The fourth-order valence-corrected chi connectivity index (χ4v) is 1.85. The number of alkyl halides is 3. The van der Waals surface area contributed by atoms with Gasteiger partial charge in [0, 0.05) is 6.54 Å². The van der Waals surface area contributed by atoms with E-state index in [-0.39, 0.29) is 5.75 Å². The summed E-state index contributed by atoms with van der Waals surface area (Å²) in [5, 5.41) is 2.77. The van der Waals surface area contributed by atoms with Crippen molar-refractivity contribution in [1.29, 1.82) is 0 Å². The second-order valence-electron chi connectivity index (χ2n) is 4.39. The molecule has 2 rings (SSSR count). The lowest BCUT2D eigenvalue weighted by molar-refractivity contribution is -0.138.